The van der Waals surface area contributed by atoms with Crippen LogP contribution >= 0.6 is 0 Å². The molecule has 0 spiro atoms. The normalized spacial score (nSPS) is 19.0. The van der Waals surface area contributed by atoms with Crippen molar-refractivity contribution in [3.05, 3.63) is 0 Å². The number of carbonyl (C=O) groups excluding carboxylic acids is 2. The van der Waals surface area contributed by atoms with Gasteiger partial charge < -0.3 is 25.8 Å². The number of primary amides is 1. The van der Waals surface area contributed by atoms with Gasteiger partial charge in [-0.15, -0.1) is 0 Å². The second kappa shape index (κ2) is 17.3. The molecule has 2 heterocycles. The van der Waals surface area contributed by atoms with Crippen LogP contribution < -0.4 is 11.1 Å². The van der Waals surface area contributed by atoms with Gasteiger partial charge >= 0.3 is 0 Å². The molecule has 0 aromatic carbocycles. The van der Waals surface area contributed by atoms with E-state index < -0.39 is 0 Å². The lowest BCUT2D eigenvalue weighted by molar-refractivity contribution is -0.121. The molecule has 2 rings (SSSR count). The Hall–Kier alpha value is -1.18. The molecule has 3 N–H and O–H groups in total. The van der Waals surface area contributed by atoms with Gasteiger partial charge in [-0.2, -0.15) is 0 Å². The van der Waals surface area contributed by atoms with E-state index in [1.165, 1.54) is 51.4 Å². The van der Waals surface area contributed by atoms with Crippen molar-refractivity contribution in [3.63, 3.8) is 0 Å². The second-order valence-corrected chi connectivity index (χ2v) is 11.7. The fourth-order valence-electron chi connectivity index (χ4n) is 5.48. The van der Waals surface area contributed by atoms with Crippen LogP contribution in [0.5, 0.6) is 0 Å². The number of piperidine rings is 2. The number of hydrogen-bond donors (Lipinski definition) is 2. The third kappa shape index (κ3) is 14.2. The molecule has 0 aromatic heterocycles. The number of rotatable bonds is 17. The van der Waals surface area contributed by atoms with Crippen molar-refractivity contribution >= 4 is 11.8 Å². The number of nitrogens with zero attached hydrogens (tertiary/aromatic N) is 3. The van der Waals surface area contributed by atoms with E-state index >= 15 is 0 Å². The summed E-state index contributed by atoms with van der Waals surface area (Å²) < 4.78 is 0. The van der Waals surface area contributed by atoms with E-state index in [1.54, 1.807) is 0 Å². The molecule has 7 nitrogen and oxygen atoms in total. The molecule has 2 saturated heterocycles. The van der Waals surface area contributed by atoms with Crippen molar-refractivity contribution < 1.29 is 9.59 Å². The number of nitrogens with two attached hydrogens (primary N) is 1. The number of likely N-dealkylation sites (tertiary alicyclic amines) is 2. The summed E-state index contributed by atoms with van der Waals surface area (Å²) >= 11 is 0. The zero-order valence-electron chi connectivity index (χ0n) is 23.1. The summed E-state index contributed by atoms with van der Waals surface area (Å²) in [4.78, 5) is 30.4. The first-order valence-corrected chi connectivity index (χ1v) is 14.5. The molecular weight excluding hydrogens is 438 g/mol. The highest BCUT2D eigenvalue weighted by molar-refractivity contribution is 5.76. The van der Waals surface area contributed by atoms with Crippen molar-refractivity contribution in [1.82, 2.24) is 20.0 Å². The zero-order valence-corrected chi connectivity index (χ0v) is 23.1. The minimum Gasteiger partial charge on any atom is -0.370 e. The maximum Gasteiger partial charge on any atom is 0.221 e. The van der Waals surface area contributed by atoms with Crippen LogP contribution in [0.15, 0.2) is 0 Å². The Balaban J connectivity index is 1.43. The van der Waals surface area contributed by atoms with E-state index in [-0.39, 0.29) is 11.8 Å². The predicted molar refractivity (Wildman–Crippen MR) is 145 cm³/mol. The van der Waals surface area contributed by atoms with Crippen LogP contribution in [0.25, 0.3) is 0 Å². The van der Waals surface area contributed by atoms with E-state index in [2.05, 4.69) is 40.9 Å². The number of nitrogens with one attached hydrogen (secondary N) is 1. The second-order valence-electron chi connectivity index (χ2n) is 11.7. The van der Waals surface area contributed by atoms with Gasteiger partial charge in [0.25, 0.3) is 0 Å². The summed E-state index contributed by atoms with van der Waals surface area (Å²) in [5.74, 6) is 2.49. The van der Waals surface area contributed by atoms with Crippen molar-refractivity contribution in [3.8, 4) is 0 Å². The minimum absolute atomic E-state index is 0.187. The monoisotopic (exact) mass is 493 g/mol. The zero-order chi connectivity index (χ0) is 25.5. The molecule has 7 heteroatoms. The largest absolute Gasteiger partial charge is 0.370 e. The molecule has 2 amide bonds. The summed E-state index contributed by atoms with van der Waals surface area (Å²) in [6.07, 6.45) is 12.6. The van der Waals surface area contributed by atoms with Gasteiger partial charge in [0.15, 0.2) is 0 Å². The van der Waals surface area contributed by atoms with Gasteiger partial charge in [-0.1, -0.05) is 33.1 Å². The van der Waals surface area contributed by atoms with Gasteiger partial charge in [0, 0.05) is 32.5 Å². The fraction of sp³-hybridized carbons (Fsp3) is 0.929. The quantitative estimate of drug-likeness (QED) is 0.304. The van der Waals surface area contributed by atoms with Gasteiger partial charge in [-0.05, 0) is 103 Å². The maximum absolute atomic E-state index is 12.2. The molecule has 0 bridgehead atoms. The predicted octanol–water partition coefficient (Wildman–Crippen LogP) is 3.33. The molecule has 35 heavy (non-hydrogen) atoms. The van der Waals surface area contributed by atoms with Crippen LogP contribution in [0.2, 0.25) is 0 Å². The minimum atomic E-state index is -0.187. The smallest absolute Gasteiger partial charge is 0.221 e. The lowest BCUT2D eigenvalue weighted by atomic mass is 9.87. The molecule has 0 aromatic rings. The van der Waals surface area contributed by atoms with Crippen LogP contribution in [-0.4, -0.2) is 92.5 Å². The third-order valence-corrected chi connectivity index (χ3v) is 8.10. The van der Waals surface area contributed by atoms with Crippen LogP contribution in [0.4, 0.5) is 0 Å². The highest BCUT2D eigenvalue weighted by atomic mass is 16.1. The van der Waals surface area contributed by atoms with Crippen LogP contribution in [-0.2, 0) is 9.59 Å². The number of amides is 2. The third-order valence-electron chi connectivity index (χ3n) is 8.10. The Labute approximate surface area is 215 Å². The first kappa shape index (κ1) is 30.0. The maximum atomic E-state index is 12.2. The van der Waals surface area contributed by atoms with Gasteiger partial charge in [0.05, 0.1) is 0 Å². The van der Waals surface area contributed by atoms with E-state index in [1.807, 2.05) is 0 Å². The highest BCUT2D eigenvalue weighted by Crippen LogP contribution is 2.27. The van der Waals surface area contributed by atoms with Crippen molar-refractivity contribution in [2.75, 3.05) is 66.0 Å². The summed E-state index contributed by atoms with van der Waals surface area (Å²) in [7, 11) is 2.17. The van der Waals surface area contributed by atoms with Crippen LogP contribution in [0.1, 0.15) is 84.5 Å². The molecule has 204 valence electrons. The van der Waals surface area contributed by atoms with E-state index in [0.29, 0.717) is 12.8 Å². The highest BCUT2D eigenvalue weighted by Gasteiger charge is 2.22. The van der Waals surface area contributed by atoms with E-state index in [9.17, 15) is 9.59 Å². The molecule has 2 fully saturated rings. The van der Waals surface area contributed by atoms with Crippen LogP contribution in [0.3, 0.4) is 0 Å². The Morgan fingerprint density at radius 1 is 0.886 bits per heavy atom. The van der Waals surface area contributed by atoms with E-state index in [4.69, 9.17) is 5.73 Å². The average molecular weight is 494 g/mol. The number of hydrogen-bond acceptors (Lipinski definition) is 5. The standard InChI is InChI=1S/C28H55N5O2/c1-24(2)8-17-31(3)16-5-15-30-28(35)14-23-33-20-11-26(12-21-33)7-4-6-25-9-18-32(19-10-25)22-13-27(29)34/h24-26H,4-23H2,1-3H3,(H2,29,34)(H,30,35). The SMILES string of the molecule is CC(C)CCN(C)CCCNC(=O)CCN1CCC(CCCC2CCN(CCC(N)=O)CC2)CC1. The van der Waals surface area contributed by atoms with E-state index in [0.717, 1.165) is 83.1 Å². The van der Waals surface area contributed by atoms with Crippen LogP contribution in [0, 0.1) is 17.8 Å². The topological polar surface area (TPSA) is 81.9 Å². The Morgan fingerprint density at radius 2 is 1.43 bits per heavy atom. The van der Waals surface area contributed by atoms with Gasteiger partial charge in [-0.25, -0.2) is 0 Å². The molecule has 0 saturated carbocycles. The lowest BCUT2D eigenvalue weighted by Gasteiger charge is -2.33. The fourth-order valence-corrected chi connectivity index (χ4v) is 5.48. The molecule has 0 radical (unpaired) electrons. The molecular formula is C28H55N5O2. The lowest BCUT2D eigenvalue weighted by Crippen LogP contribution is -2.37. The Morgan fingerprint density at radius 3 is 1.94 bits per heavy atom. The molecule has 0 atom stereocenters. The summed E-state index contributed by atoms with van der Waals surface area (Å²) in [6.45, 7) is 13.8. The average Bonchev–Trinajstić information content (AvgIpc) is 2.84. The van der Waals surface area contributed by atoms with Gasteiger partial charge in [-0.3, -0.25) is 9.59 Å². The van der Waals surface area contributed by atoms with Crippen molar-refractivity contribution in [2.45, 2.75) is 84.5 Å². The molecule has 0 unspecified atom stereocenters. The first-order chi connectivity index (χ1) is 16.8. The summed E-state index contributed by atoms with van der Waals surface area (Å²) in [6, 6.07) is 0. The molecule has 2 aliphatic rings. The number of carbonyl (C=O) groups is 2. The Kier molecular flexibility index (Phi) is 14.9. The molecule has 0 aliphatic carbocycles. The van der Waals surface area contributed by atoms with Gasteiger partial charge in [0.1, 0.15) is 0 Å². The Bertz CT molecular complexity index is 584. The van der Waals surface area contributed by atoms with Gasteiger partial charge in [0.2, 0.25) is 11.8 Å². The first-order valence-electron chi connectivity index (χ1n) is 14.5. The van der Waals surface area contributed by atoms with Crippen molar-refractivity contribution in [2.24, 2.45) is 23.5 Å². The van der Waals surface area contributed by atoms with Crippen molar-refractivity contribution in [1.29, 1.82) is 0 Å². The molecule has 2 aliphatic heterocycles. The summed E-state index contributed by atoms with van der Waals surface area (Å²) in [5, 5.41) is 3.11. The summed E-state index contributed by atoms with van der Waals surface area (Å²) in [5.41, 5.74) is 5.27.